The van der Waals surface area contributed by atoms with Crippen molar-refractivity contribution in [3.63, 3.8) is 0 Å². The highest BCUT2D eigenvalue weighted by Gasteiger charge is 2.24. The van der Waals surface area contributed by atoms with E-state index in [1.807, 2.05) is 4.72 Å². The van der Waals surface area contributed by atoms with Crippen LogP contribution in [0.1, 0.15) is 0 Å². The maximum Gasteiger partial charge on any atom is 0.267 e. The average Bonchev–Trinajstić information content (AvgIpc) is 2.46. The highest BCUT2D eigenvalue weighted by molar-refractivity contribution is 7.92. The molecule has 0 bridgehead atoms. The Morgan fingerprint density at radius 2 is 1.38 bits per heavy atom. The van der Waals surface area contributed by atoms with Gasteiger partial charge >= 0.3 is 0 Å². The molecule has 0 atom stereocenters. The fourth-order valence-corrected chi connectivity index (χ4v) is 3.95. The van der Waals surface area contributed by atoms with Gasteiger partial charge in [-0.1, -0.05) is 6.07 Å². The van der Waals surface area contributed by atoms with Crippen molar-refractivity contribution in [2.75, 3.05) is 18.8 Å². The normalized spacial score (nSPS) is 12.4. The van der Waals surface area contributed by atoms with Gasteiger partial charge in [-0.15, -0.1) is 0 Å². The van der Waals surface area contributed by atoms with Crippen molar-refractivity contribution in [1.82, 2.24) is 4.31 Å². The second-order valence-electron chi connectivity index (χ2n) is 4.97. The molecule has 0 aliphatic carbocycles. The second-order valence-corrected chi connectivity index (χ2v) is 8.74. The minimum absolute atomic E-state index is 0.0321. The molecule has 0 aliphatic rings. The molecular formula is C14H14F2N2O4S2. The van der Waals surface area contributed by atoms with Crippen LogP contribution in [0.25, 0.3) is 0 Å². The molecular weight excluding hydrogens is 362 g/mol. The van der Waals surface area contributed by atoms with Crippen molar-refractivity contribution >= 4 is 25.7 Å². The molecule has 0 heterocycles. The molecule has 2 aromatic rings. The molecule has 10 heteroatoms. The number of benzene rings is 2. The third kappa shape index (κ3) is 3.55. The minimum Gasteiger partial charge on any atom is -0.279 e. The molecule has 0 saturated carbocycles. The first-order chi connectivity index (χ1) is 11.1. The first-order valence-corrected chi connectivity index (χ1v) is 9.47. The van der Waals surface area contributed by atoms with Crippen LogP contribution in [0.4, 0.5) is 14.5 Å². The molecule has 2 aromatic carbocycles. The molecule has 0 fully saturated rings. The van der Waals surface area contributed by atoms with Crippen LogP contribution in [0.5, 0.6) is 0 Å². The van der Waals surface area contributed by atoms with E-state index in [1.54, 1.807) is 0 Å². The van der Waals surface area contributed by atoms with Gasteiger partial charge in [0.15, 0.2) is 4.90 Å². The molecule has 2 rings (SSSR count). The zero-order valence-electron chi connectivity index (χ0n) is 12.7. The van der Waals surface area contributed by atoms with Gasteiger partial charge in [0.25, 0.3) is 10.0 Å². The van der Waals surface area contributed by atoms with Gasteiger partial charge in [-0.25, -0.2) is 29.9 Å². The number of halogens is 2. The smallest absolute Gasteiger partial charge is 0.267 e. The van der Waals surface area contributed by atoms with Crippen molar-refractivity contribution < 1.29 is 25.6 Å². The molecule has 1 N–H and O–H groups in total. The molecule has 0 spiro atoms. The number of hydrogen-bond donors (Lipinski definition) is 1. The topological polar surface area (TPSA) is 83.6 Å². The summed E-state index contributed by atoms with van der Waals surface area (Å²) >= 11 is 0. The van der Waals surface area contributed by atoms with Crippen molar-refractivity contribution in [3.05, 3.63) is 54.1 Å². The van der Waals surface area contributed by atoms with E-state index in [-0.39, 0.29) is 10.6 Å². The number of hydrogen-bond acceptors (Lipinski definition) is 4. The Balaban J connectivity index is 2.35. The summed E-state index contributed by atoms with van der Waals surface area (Å²) in [7, 11) is -5.46. The van der Waals surface area contributed by atoms with Crippen LogP contribution < -0.4 is 4.72 Å². The lowest BCUT2D eigenvalue weighted by molar-refractivity contribution is 0.520. The Hall–Kier alpha value is -2.04. The van der Waals surface area contributed by atoms with E-state index in [0.717, 1.165) is 22.5 Å². The lowest BCUT2D eigenvalue weighted by atomic mass is 10.3. The first-order valence-electron chi connectivity index (χ1n) is 6.55. The standard InChI is InChI=1S/C14H14F2N2O4S2/c1-18(2)24(21,22)11-8-6-10(7-9-11)17-23(19,20)14-12(15)4-3-5-13(14)16/h3-9,17H,1-2H3. The Kier molecular flexibility index (Phi) is 4.92. The van der Waals surface area contributed by atoms with Gasteiger partial charge in [0.1, 0.15) is 11.6 Å². The van der Waals surface area contributed by atoms with Crippen LogP contribution in [0.2, 0.25) is 0 Å². The molecule has 0 radical (unpaired) electrons. The fourth-order valence-electron chi connectivity index (χ4n) is 1.85. The highest BCUT2D eigenvalue weighted by Crippen LogP contribution is 2.23. The lowest BCUT2D eigenvalue weighted by Gasteiger charge is -2.13. The summed E-state index contributed by atoms with van der Waals surface area (Å²) in [5.41, 5.74) is -0.0321. The van der Waals surface area contributed by atoms with Crippen LogP contribution in [-0.4, -0.2) is 35.2 Å². The average molecular weight is 376 g/mol. The zero-order valence-corrected chi connectivity index (χ0v) is 14.3. The molecule has 0 amide bonds. The predicted molar refractivity (Wildman–Crippen MR) is 84.5 cm³/mol. The van der Waals surface area contributed by atoms with Crippen molar-refractivity contribution in [3.8, 4) is 0 Å². The molecule has 0 saturated heterocycles. The maximum absolute atomic E-state index is 13.6. The molecule has 0 aliphatic heterocycles. The Bertz CT molecular complexity index is 937. The van der Waals surface area contributed by atoms with Gasteiger partial charge in [0.05, 0.1) is 4.90 Å². The lowest BCUT2D eigenvalue weighted by Crippen LogP contribution is -2.22. The summed E-state index contributed by atoms with van der Waals surface area (Å²) in [5, 5.41) is 0. The van der Waals surface area contributed by atoms with Crippen LogP contribution in [0.3, 0.4) is 0 Å². The van der Waals surface area contributed by atoms with Crippen molar-refractivity contribution in [1.29, 1.82) is 0 Å². The van der Waals surface area contributed by atoms with E-state index >= 15 is 0 Å². The summed E-state index contributed by atoms with van der Waals surface area (Å²) in [6, 6.07) is 7.44. The Morgan fingerprint density at radius 3 is 1.83 bits per heavy atom. The largest absolute Gasteiger partial charge is 0.279 e. The monoisotopic (exact) mass is 376 g/mol. The van der Waals surface area contributed by atoms with E-state index in [1.165, 1.54) is 38.4 Å². The van der Waals surface area contributed by atoms with E-state index in [2.05, 4.69) is 0 Å². The summed E-state index contributed by atoms with van der Waals surface area (Å²) in [5.74, 6) is -2.45. The summed E-state index contributed by atoms with van der Waals surface area (Å²) < 4.78 is 78.3. The van der Waals surface area contributed by atoms with Crippen LogP contribution in [-0.2, 0) is 20.0 Å². The summed E-state index contributed by atoms with van der Waals surface area (Å²) in [4.78, 5) is -1.15. The van der Waals surface area contributed by atoms with Gasteiger partial charge in [-0.05, 0) is 36.4 Å². The molecule has 0 aromatic heterocycles. The van der Waals surface area contributed by atoms with Crippen LogP contribution >= 0.6 is 0 Å². The van der Waals surface area contributed by atoms with Gasteiger partial charge in [-0.2, -0.15) is 0 Å². The van der Waals surface area contributed by atoms with Crippen molar-refractivity contribution in [2.24, 2.45) is 0 Å². The number of rotatable bonds is 5. The third-order valence-corrected chi connectivity index (χ3v) is 6.33. The summed E-state index contributed by atoms with van der Waals surface area (Å²) in [6.45, 7) is 0. The number of sulfonamides is 2. The minimum atomic E-state index is -4.50. The zero-order chi connectivity index (χ0) is 18.1. The van der Waals surface area contributed by atoms with Gasteiger partial charge in [-0.3, -0.25) is 4.72 Å². The second kappa shape index (κ2) is 6.46. The number of nitrogens with one attached hydrogen (secondary N) is 1. The molecule has 130 valence electrons. The molecule has 0 unspecified atom stereocenters. The highest BCUT2D eigenvalue weighted by atomic mass is 32.2. The van der Waals surface area contributed by atoms with Crippen LogP contribution in [0, 0.1) is 11.6 Å². The number of nitrogens with zero attached hydrogens (tertiary/aromatic N) is 1. The Morgan fingerprint density at radius 1 is 0.875 bits per heavy atom. The first kappa shape index (κ1) is 18.3. The van der Waals surface area contributed by atoms with Gasteiger partial charge in [0, 0.05) is 19.8 Å². The van der Waals surface area contributed by atoms with E-state index in [9.17, 15) is 25.6 Å². The van der Waals surface area contributed by atoms with E-state index in [0.29, 0.717) is 0 Å². The van der Waals surface area contributed by atoms with E-state index in [4.69, 9.17) is 0 Å². The maximum atomic E-state index is 13.6. The van der Waals surface area contributed by atoms with E-state index < -0.39 is 36.6 Å². The SMILES string of the molecule is CN(C)S(=O)(=O)c1ccc(NS(=O)(=O)c2c(F)cccc2F)cc1. The third-order valence-electron chi connectivity index (χ3n) is 3.07. The fraction of sp³-hybridized carbons (Fsp3) is 0.143. The Labute approximate surface area is 138 Å². The molecule has 6 nitrogen and oxygen atoms in total. The predicted octanol–water partition coefficient (Wildman–Crippen LogP) is 2.02. The van der Waals surface area contributed by atoms with Gasteiger partial charge < -0.3 is 0 Å². The molecule has 24 heavy (non-hydrogen) atoms. The van der Waals surface area contributed by atoms with Gasteiger partial charge in [0.2, 0.25) is 10.0 Å². The number of anilines is 1. The summed E-state index contributed by atoms with van der Waals surface area (Å²) in [6.07, 6.45) is 0. The van der Waals surface area contributed by atoms with Crippen molar-refractivity contribution in [2.45, 2.75) is 9.79 Å². The van der Waals surface area contributed by atoms with Crippen LogP contribution in [0.15, 0.2) is 52.3 Å². The quantitative estimate of drug-likeness (QED) is 0.865.